The van der Waals surface area contributed by atoms with E-state index in [0.717, 1.165) is 0 Å². The molecule has 0 saturated heterocycles. The van der Waals surface area contributed by atoms with Gasteiger partial charge in [0, 0.05) is 23.0 Å². The third kappa shape index (κ3) is 2.42. The highest BCUT2D eigenvalue weighted by Gasteiger charge is 2.10. The van der Waals surface area contributed by atoms with E-state index in [1.165, 1.54) is 13.3 Å². The van der Waals surface area contributed by atoms with Crippen LogP contribution in [0.5, 0.6) is 5.75 Å². The number of carbonyl (C=O) groups excluding carboxylic acids is 1. The van der Waals surface area contributed by atoms with Crippen molar-refractivity contribution >= 4 is 11.5 Å². The first-order chi connectivity index (χ1) is 8.20. The maximum absolute atomic E-state index is 12.1. The van der Waals surface area contributed by atoms with Crippen LogP contribution in [-0.4, -0.2) is 17.9 Å². The lowest BCUT2D eigenvalue weighted by molar-refractivity contribution is 0.103. The molecule has 0 amide bonds. The first-order valence-electron chi connectivity index (χ1n) is 5.10. The van der Waals surface area contributed by atoms with Crippen molar-refractivity contribution in [2.24, 2.45) is 0 Å². The van der Waals surface area contributed by atoms with Crippen molar-refractivity contribution in [3.05, 3.63) is 53.9 Å². The highest BCUT2D eigenvalue weighted by Crippen LogP contribution is 2.16. The van der Waals surface area contributed by atoms with Crippen LogP contribution in [0.25, 0.3) is 0 Å². The van der Waals surface area contributed by atoms with Gasteiger partial charge in [0.25, 0.3) is 0 Å². The molecular weight excluding hydrogens is 216 g/mol. The molecule has 0 aliphatic rings. The number of methoxy groups -OCH3 is 1. The molecule has 0 radical (unpaired) electrons. The van der Waals surface area contributed by atoms with Gasteiger partial charge in [0.2, 0.25) is 0 Å². The Labute approximate surface area is 99.1 Å². The van der Waals surface area contributed by atoms with Gasteiger partial charge in [0.15, 0.2) is 5.78 Å². The molecule has 4 nitrogen and oxygen atoms in total. The summed E-state index contributed by atoms with van der Waals surface area (Å²) < 4.78 is 5.03. The number of benzene rings is 1. The van der Waals surface area contributed by atoms with Crippen LogP contribution in [0.2, 0.25) is 0 Å². The number of anilines is 1. The molecule has 0 spiro atoms. The standard InChI is InChI=1S/C13H12N2O2/c1-17-12-6-10(7-15-8-12)13(16)9-3-2-4-11(14)5-9/h2-8H,14H2,1H3. The van der Waals surface area contributed by atoms with Gasteiger partial charge in [-0.3, -0.25) is 9.78 Å². The normalized spacial score (nSPS) is 9.94. The summed E-state index contributed by atoms with van der Waals surface area (Å²) in [5, 5.41) is 0. The van der Waals surface area contributed by atoms with Crippen molar-refractivity contribution in [2.45, 2.75) is 0 Å². The Kier molecular flexibility index (Phi) is 3.05. The summed E-state index contributed by atoms with van der Waals surface area (Å²) in [5.74, 6) is 0.434. The van der Waals surface area contributed by atoms with E-state index < -0.39 is 0 Å². The predicted octanol–water partition coefficient (Wildman–Crippen LogP) is 1.90. The average Bonchev–Trinajstić information content (AvgIpc) is 2.38. The Hall–Kier alpha value is -2.36. The van der Waals surface area contributed by atoms with Crippen molar-refractivity contribution < 1.29 is 9.53 Å². The molecule has 2 rings (SSSR count). The summed E-state index contributed by atoms with van der Waals surface area (Å²) in [4.78, 5) is 16.1. The number of nitrogens with zero attached hydrogens (tertiary/aromatic N) is 1. The molecule has 4 heteroatoms. The van der Waals surface area contributed by atoms with E-state index in [-0.39, 0.29) is 5.78 Å². The molecule has 86 valence electrons. The summed E-state index contributed by atoms with van der Waals surface area (Å²) >= 11 is 0. The second-order valence-corrected chi connectivity index (χ2v) is 3.57. The van der Waals surface area contributed by atoms with Gasteiger partial charge >= 0.3 is 0 Å². The van der Waals surface area contributed by atoms with Gasteiger partial charge < -0.3 is 10.5 Å². The van der Waals surface area contributed by atoms with Gasteiger partial charge in [-0.2, -0.15) is 0 Å². The molecule has 0 saturated carbocycles. The van der Waals surface area contributed by atoms with E-state index in [9.17, 15) is 4.79 Å². The lowest BCUT2D eigenvalue weighted by Gasteiger charge is -2.04. The molecule has 0 atom stereocenters. The summed E-state index contributed by atoms with van der Waals surface area (Å²) in [6.07, 6.45) is 3.06. The predicted molar refractivity (Wildman–Crippen MR) is 65.1 cm³/mol. The number of carbonyl (C=O) groups is 1. The molecular formula is C13H12N2O2. The van der Waals surface area contributed by atoms with E-state index in [1.807, 2.05) is 0 Å². The van der Waals surface area contributed by atoms with E-state index in [4.69, 9.17) is 10.5 Å². The lowest BCUT2D eigenvalue weighted by atomic mass is 10.0. The fourth-order valence-corrected chi connectivity index (χ4v) is 1.50. The second kappa shape index (κ2) is 4.65. The van der Waals surface area contributed by atoms with Crippen LogP contribution < -0.4 is 10.5 Å². The van der Waals surface area contributed by atoms with Gasteiger partial charge in [0.1, 0.15) is 5.75 Å². The smallest absolute Gasteiger partial charge is 0.194 e. The minimum Gasteiger partial charge on any atom is -0.495 e. The molecule has 1 aromatic carbocycles. The van der Waals surface area contributed by atoms with Gasteiger partial charge in [0.05, 0.1) is 13.3 Å². The first-order valence-corrected chi connectivity index (χ1v) is 5.10. The highest BCUT2D eigenvalue weighted by molar-refractivity contribution is 6.09. The number of pyridine rings is 1. The largest absolute Gasteiger partial charge is 0.495 e. The van der Waals surface area contributed by atoms with E-state index in [0.29, 0.717) is 22.6 Å². The number of hydrogen-bond acceptors (Lipinski definition) is 4. The molecule has 2 N–H and O–H groups in total. The van der Waals surface area contributed by atoms with Gasteiger partial charge in [-0.15, -0.1) is 0 Å². The van der Waals surface area contributed by atoms with Gasteiger partial charge in [-0.25, -0.2) is 0 Å². The number of rotatable bonds is 3. The maximum Gasteiger partial charge on any atom is 0.194 e. The van der Waals surface area contributed by atoms with Crippen LogP contribution in [0.1, 0.15) is 15.9 Å². The van der Waals surface area contributed by atoms with E-state index in [1.54, 1.807) is 36.5 Å². The van der Waals surface area contributed by atoms with Crippen LogP contribution in [0.4, 0.5) is 5.69 Å². The molecule has 0 fully saturated rings. The SMILES string of the molecule is COc1cncc(C(=O)c2cccc(N)c2)c1. The van der Waals surface area contributed by atoms with Crippen LogP contribution >= 0.6 is 0 Å². The molecule has 17 heavy (non-hydrogen) atoms. The molecule has 0 unspecified atom stereocenters. The zero-order valence-corrected chi connectivity index (χ0v) is 9.38. The number of ether oxygens (including phenoxy) is 1. The monoisotopic (exact) mass is 228 g/mol. The highest BCUT2D eigenvalue weighted by atomic mass is 16.5. The first kappa shape index (κ1) is 11.1. The molecule has 2 aromatic rings. The van der Waals surface area contributed by atoms with Crippen molar-refractivity contribution in [3.63, 3.8) is 0 Å². The van der Waals surface area contributed by atoms with Crippen molar-refractivity contribution in [2.75, 3.05) is 12.8 Å². The van der Waals surface area contributed by atoms with Crippen LogP contribution in [0, 0.1) is 0 Å². The van der Waals surface area contributed by atoms with Gasteiger partial charge in [-0.1, -0.05) is 12.1 Å². The van der Waals surface area contributed by atoms with E-state index >= 15 is 0 Å². The van der Waals surface area contributed by atoms with Crippen LogP contribution in [0.15, 0.2) is 42.7 Å². The van der Waals surface area contributed by atoms with E-state index in [2.05, 4.69) is 4.98 Å². The summed E-state index contributed by atoms with van der Waals surface area (Å²) in [5.41, 5.74) is 7.22. The number of nitrogens with two attached hydrogens (primary N) is 1. The fourth-order valence-electron chi connectivity index (χ4n) is 1.50. The number of ketones is 1. The Morgan fingerprint density at radius 1 is 1.24 bits per heavy atom. The zero-order valence-electron chi connectivity index (χ0n) is 9.38. The summed E-state index contributed by atoms with van der Waals surface area (Å²) in [6, 6.07) is 8.50. The fraction of sp³-hybridized carbons (Fsp3) is 0.0769. The van der Waals surface area contributed by atoms with Crippen LogP contribution in [0.3, 0.4) is 0 Å². The molecule has 0 bridgehead atoms. The molecule has 1 aromatic heterocycles. The number of nitrogen functional groups attached to an aromatic ring is 1. The summed E-state index contributed by atoms with van der Waals surface area (Å²) in [6.45, 7) is 0. The molecule has 0 aliphatic heterocycles. The zero-order chi connectivity index (χ0) is 12.3. The minimum absolute atomic E-state index is 0.122. The lowest BCUT2D eigenvalue weighted by Crippen LogP contribution is -2.03. The number of hydrogen-bond donors (Lipinski definition) is 1. The third-order valence-corrected chi connectivity index (χ3v) is 2.36. The third-order valence-electron chi connectivity index (χ3n) is 2.36. The van der Waals surface area contributed by atoms with Crippen LogP contribution in [-0.2, 0) is 0 Å². The number of aromatic nitrogens is 1. The second-order valence-electron chi connectivity index (χ2n) is 3.57. The Bertz CT molecular complexity index is 553. The van der Waals surface area contributed by atoms with Crippen molar-refractivity contribution in [3.8, 4) is 5.75 Å². The Balaban J connectivity index is 2.36. The Morgan fingerprint density at radius 3 is 2.76 bits per heavy atom. The minimum atomic E-state index is -0.122. The quantitative estimate of drug-likeness (QED) is 0.643. The van der Waals surface area contributed by atoms with Gasteiger partial charge in [-0.05, 0) is 18.2 Å². The summed E-state index contributed by atoms with van der Waals surface area (Å²) in [7, 11) is 1.53. The molecule has 0 aliphatic carbocycles. The average molecular weight is 228 g/mol. The maximum atomic E-state index is 12.1. The van der Waals surface area contributed by atoms with Crippen molar-refractivity contribution in [1.29, 1.82) is 0 Å². The topological polar surface area (TPSA) is 65.2 Å². The van der Waals surface area contributed by atoms with Crippen molar-refractivity contribution in [1.82, 2.24) is 4.98 Å². The Morgan fingerprint density at radius 2 is 2.06 bits per heavy atom. The molecule has 1 heterocycles.